The first-order chi connectivity index (χ1) is 5.77. The van der Waals surface area contributed by atoms with Gasteiger partial charge in [-0.25, -0.2) is 0 Å². The van der Waals surface area contributed by atoms with Crippen LogP contribution in [0.4, 0.5) is 4.39 Å². The van der Waals surface area contributed by atoms with E-state index >= 15 is 0 Å². The van der Waals surface area contributed by atoms with E-state index < -0.39 is 0 Å². The molecule has 0 amide bonds. The molecule has 0 aromatic heterocycles. The van der Waals surface area contributed by atoms with E-state index in [2.05, 4.69) is 0 Å². The number of alkyl halides is 1. The van der Waals surface area contributed by atoms with Gasteiger partial charge in [0.1, 0.15) is 0 Å². The summed E-state index contributed by atoms with van der Waals surface area (Å²) in [5.74, 6) is -0.134. The minimum absolute atomic E-state index is 0.134. The lowest BCUT2D eigenvalue weighted by Crippen LogP contribution is -2.13. The molecule has 0 heterocycles. The van der Waals surface area contributed by atoms with Crippen LogP contribution >= 0.6 is 0 Å². The third-order valence-corrected chi connectivity index (χ3v) is 2.02. The Labute approximate surface area is 72.4 Å². The largest absolute Gasteiger partial charge is 0.330 e. The third-order valence-electron chi connectivity index (χ3n) is 2.02. The number of benzene rings is 1. The zero-order valence-corrected chi connectivity index (χ0v) is 7.26. The molecule has 1 unspecified atom stereocenters. The average molecular weight is 167 g/mol. The van der Waals surface area contributed by atoms with Gasteiger partial charge in [-0.1, -0.05) is 29.8 Å². The highest BCUT2D eigenvalue weighted by molar-refractivity contribution is 5.24. The molecule has 1 aromatic carbocycles. The van der Waals surface area contributed by atoms with Gasteiger partial charge in [-0.3, -0.25) is 4.39 Å². The van der Waals surface area contributed by atoms with Crippen molar-refractivity contribution in [3.8, 4) is 0 Å². The maximum absolute atomic E-state index is 12.4. The SMILES string of the molecule is Cc1ccc(C(CN)CF)cc1. The number of nitrogens with two attached hydrogens (primary N) is 1. The van der Waals surface area contributed by atoms with Gasteiger partial charge in [-0.15, -0.1) is 0 Å². The Bertz CT molecular complexity index is 226. The maximum Gasteiger partial charge on any atom is 0.0975 e. The van der Waals surface area contributed by atoms with Gasteiger partial charge in [0.15, 0.2) is 0 Å². The van der Waals surface area contributed by atoms with Crippen molar-refractivity contribution in [1.29, 1.82) is 0 Å². The monoisotopic (exact) mass is 167 g/mol. The Balaban J connectivity index is 2.80. The van der Waals surface area contributed by atoms with Gasteiger partial charge >= 0.3 is 0 Å². The summed E-state index contributed by atoms with van der Waals surface area (Å²) in [5.41, 5.74) is 7.59. The Kier molecular flexibility index (Phi) is 3.23. The lowest BCUT2D eigenvalue weighted by atomic mass is 10.00. The molecule has 0 aliphatic carbocycles. The molecule has 0 saturated carbocycles. The normalized spacial score (nSPS) is 12.9. The van der Waals surface area contributed by atoms with E-state index in [9.17, 15) is 4.39 Å². The van der Waals surface area contributed by atoms with E-state index in [1.54, 1.807) is 0 Å². The van der Waals surface area contributed by atoms with Gasteiger partial charge in [-0.05, 0) is 12.5 Å². The molecule has 2 heteroatoms. The summed E-state index contributed by atoms with van der Waals surface area (Å²) in [6.07, 6.45) is 0. The predicted octanol–water partition coefficient (Wildman–Crippen LogP) is 2.01. The van der Waals surface area contributed by atoms with Crippen LogP contribution in [0.3, 0.4) is 0 Å². The van der Waals surface area contributed by atoms with Gasteiger partial charge < -0.3 is 5.73 Å². The summed E-state index contributed by atoms with van der Waals surface area (Å²) in [7, 11) is 0. The predicted molar refractivity (Wildman–Crippen MR) is 48.9 cm³/mol. The average Bonchev–Trinajstić information content (AvgIpc) is 2.10. The van der Waals surface area contributed by atoms with E-state index in [0.29, 0.717) is 6.54 Å². The summed E-state index contributed by atoms with van der Waals surface area (Å²) in [6.45, 7) is 2.01. The molecule has 12 heavy (non-hydrogen) atoms. The first-order valence-corrected chi connectivity index (χ1v) is 4.10. The van der Waals surface area contributed by atoms with E-state index in [0.717, 1.165) is 5.56 Å². The van der Waals surface area contributed by atoms with Crippen LogP contribution in [0.5, 0.6) is 0 Å². The molecule has 0 aliphatic heterocycles. The Morgan fingerprint density at radius 3 is 2.33 bits per heavy atom. The van der Waals surface area contributed by atoms with Crippen LogP contribution in [-0.4, -0.2) is 13.2 Å². The van der Waals surface area contributed by atoms with Gasteiger partial charge in [0.2, 0.25) is 0 Å². The summed E-state index contributed by atoms with van der Waals surface area (Å²) in [4.78, 5) is 0. The maximum atomic E-state index is 12.4. The number of hydrogen-bond donors (Lipinski definition) is 1. The van der Waals surface area contributed by atoms with Gasteiger partial charge in [0.05, 0.1) is 6.67 Å². The molecule has 0 saturated heterocycles. The second-order valence-electron chi connectivity index (χ2n) is 3.00. The van der Waals surface area contributed by atoms with Gasteiger partial charge in [-0.2, -0.15) is 0 Å². The van der Waals surface area contributed by atoms with Gasteiger partial charge in [0.25, 0.3) is 0 Å². The first-order valence-electron chi connectivity index (χ1n) is 4.10. The van der Waals surface area contributed by atoms with Crippen LogP contribution in [0, 0.1) is 6.92 Å². The molecule has 0 bridgehead atoms. The molecule has 1 atom stereocenters. The van der Waals surface area contributed by atoms with Crippen molar-refractivity contribution in [2.24, 2.45) is 5.73 Å². The van der Waals surface area contributed by atoms with Crippen molar-refractivity contribution in [1.82, 2.24) is 0 Å². The van der Waals surface area contributed by atoms with Crippen LogP contribution < -0.4 is 5.73 Å². The molecule has 1 rings (SSSR count). The van der Waals surface area contributed by atoms with Crippen LogP contribution in [0.15, 0.2) is 24.3 Å². The van der Waals surface area contributed by atoms with E-state index in [4.69, 9.17) is 5.73 Å². The molecule has 0 radical (unpaired) electrons. The molecule has 0 fully saturated rings. The smallest absolute Gasteiger partial charge is 0.0975 e. The third kappa shape index (κ3) is 2.05. The molecular weight excluding hydrogens is 153 g/mol. The lowest BCUT2D eigenvalue weighted by Gasteiger charge is -2.10. The molecular formula is C10H14FN. The van der Waals surface area contributed by atoms with Crippen molar-refractivity contribution < 1.29 is 4.39 Å². The van der Waals surface area contributed by atoms with E-state index in [1.807, 2.05) is 31.2 Å². The number of aryl methyl sites for hydroxylation is 1. The van der Waals surface area contributed by atoms with Crippen LogP contribution in [-0.2, 0) is 0 Å². The van der Waals surface area contributed by atoms with Crippen LogP contribution in [0.25, 0.3) is 0 Å². The minimum Gasteiger partial charge on any atom is -0.330 e. The van der Waals surface area contributed by atoms with Crippen molar-refractivity contribution in [3.05, 3.63) is 35.4 Å². The fourth-order valence-electron chi connectivity index (χ4n) is 1.13. The second-order valence-corrected chi connectivity index (χ2v) is 3.00. The quantitative estimate of drug-likeness (QED) is 0.732. The van der Waals surface area contributed by atoms with Crippen LogP contribution in [0.2, 0.25) is 0 Å². The zero-order valence-electron chi connectivity index (χ0n) is 7.26. The summed E-state index contributed by atoms with van der Waals surface area (Å²) in [5, 5.41) is 0. The highest BCUT2D eigenvalue weighted by atomic mass is 19.1. The summed E-state index contributed by atoms with van der Waals surface area (Å²) >= 11 is 0. The highest BCUT2D eigenvalue weighted by Crippen LogP contribution is 2.15. The van der Waals surface area contributed by atoms with Crippen molar-refractivity contribution in [2.75, 3.05) is 13.2 Å². The van der Waals surface area contributed by atoms with Gasteiger partial charge in [0, 0.05) is 12.5 Å². The van der Waals surface area contributed by atoms with Crippen LogP contribution in [0.1, 0.15) is 17.0 Å². The Morgan fingerprint density at radius 2 is 1.92 bits per heavy atom. The first kappa shape index (κ1) is 9.20. The number of halogens is 1. The molecule has 0 aliphatic rings. The lowest BCUT2D eigenvalue weighted by molar-refractivity contribution is 0.434. The summed E-state index contributed by atoms with van der Waals surface area (Å²) in [6, 6.07) is 7.83. The fraction of sp³-hybridized carbons (Fsp3) is 0.400. The second kappa shape index (κ2) is 4.21. The van der Waals surface area contributed by atoms with Crippen molar-refractivity contribution in [3.63, 3.8) is 0 Å². The fourth-order valence-corrected chi connectivity index (χ4v) is 1.13. The van der Waals surface area contributed by atoms with E-state index in [-0.39, 0.29) is 12.6 Å². The molecule has 2 N–H and O–H groups in total. The van der Waals surface area contributed by atoms with Crippen molar-refractivity contribution >= 4 is 0 Å². The van der Waals surface area contributed by atoms with Crippen molar-refractivity contribution in [2.45, 2.75) is 12.8 Å². The molecule has 1 aromatic rings. The summed E-state index contributed by atoms with van der Waals surface area (Å²) < 4.78 is 12.4. The molecule has 0 spiro atoms. The zero-order chi connectivity index (χ0) is 8.97. The Hall–Kier alpha value is -0.890. The number of rotatable bonds is 3. The highest BCUT2D eigenvalue weighted by Gasteiger charge is 2.07. The Morgan fingerprint density at radius 1 is 1.33 bits per heavy atom. The molecule has 66 valence electrons. The van der Waals surface area contributed by atoms with E-state index in [1.165, 1.54) is 5.56 Å². The molecule has 1 nitrogen and oxygen atoms in total. The topological polar surface area (TPSA) is 26.0 Å². The number of hydrogen-bond acceptors (Lipinski definition) is 1. The minimum atomic E-state index is -0.375. The standard InChI is InChI=1S/C10H14FN/c1-8-2-4-9(5-3-8)10(6-11)7-12/h2-5,10H,6-7,12H2,1H3.